The fourth-order valence-corrected chi connectivity index (χ4v) is 5.60. The van der Waals surface area contributed by atoms with Gasteiger partial charge in [-0.2, -0.15) is 0 Å². The van der Waals surface area contributed by atoms with Crippen molar-refractivity contribution < 1.29 is 10.2 Å². The Morgan fingerprint density at radius 2 is 1.46 bits per heavy atom. The number of aliphatic hydroxyl groups is 1. The highest BCUT2D eigenvalue weighted by atomic mass is 16.3. The van der Waals surface area contributed by atoms with Crippen molar-refractivity contribution >= 4 is 0 Å². The standard InChI is InChI=1S/C33H36O2/c1-6-13-24(19-18-23(4)34)33(25-20-21-31(35)30(22-25)32(5,7-2)8-3)28-16-11-9-14-26(28)27-15-10-12-17-29(27)33/h6,9-22,34-35H,7-8H2,1-5H3/b13-6-,23-18+,24-19+. The van der Waals surface area contributed by atoms with Gasteiger partial charge >= 0.3 is 0 Å². The van der Waals surface area contributed by atoms with Gasteiger partial charge in [0.15, 0.2) is 0 Å². The minimum atomic E-state index is -0.587. The molecule has 0 bridgehead atoms. The summed E-state index contributed by atoms with van der Waals surface area (Å²) in [6.45, 7) is 10.3. The molecule has 0 saturated carbocycles. The van der Waals surface area contributed by atoms with Crippen LogP contribution in [0, 0.1) is 0 Å². The van der Waals surface area contributed by atoms with E-state index in [1.165, 1.54) is 22.3 Å². The number of aromatic hydroxyl groups is 1. The second-order valence-corrected chi connectivity index (χ2v) is 9.77. The second-order valence-electron chi connectivity index (χ2n) is 9.77. The van der Waals surface area contributed by atoms with Crippen LogP contribution in [-0.4, -0.2) is 10.2 Å². The first kappa shape index (κ1) is 24.6. The van der Waals surface area contributed by atoms with Gasteiger partial charge in [-0.05, 0) is 83.7 Å². The molecule has 1 aliphatic carbocycles. The molecule has 0 unspecified atom stereocenters. The van der Waals surface area contributed by atoms with Gasteiger partial charge < -0.3 is 10.2 Å². The molecule has 2 N–H and O–H groups in total. The Kier molecular flexibility index (Phi) is 6.76. The van der Waals surface area contributed by atoms with E-state index < -0.39 is 5.41 Å². The van der Waals surface area contributed by atoms with Gasteiger partial charge in [0.25, 0.3) is 0 Å². The van der Waals surface area contributed by atoms with Crippen molar-refractivity contribution in [2.45, 2.75) is 58.3 Å². The van der Waals surface area contributed by atoms with Gasteiger partial charge in [0.05, 0.1) is 11.2 Å². The first-order valence-electron chi connectivity index (χ1n) is 12.6. The van der Waals surface area contributed by atoms with Crippen LogP contribution >= 0.6 is 0 Å². The summed E-state index contributed by atoms with van der Waals surface area (Å²) in [6, 6.07) is 23.4. The van der Waals surface area contributed by atoms with Crippen LogP contribution in [-0.2, 0) is 10.8 Å². The van der Waals surface area contributed by atoms with Crippen LogP contribution in [0.3, 0.4) is 0 Å². The maximum atomic E-state index is 11.0. The minimum Gasteiger partial charge on any atom is -0.513 e. The summed E-state index contributed by atoms with van der Waals surface area (Å²) in [5.74, 6) is 0.606. The van der Waals surface area contributed by atoms with E-state index in [0.717, 1.165) is 29.5 Å². The van der Waals surface area contributed by atoms with Crippen molar-refractivity contribution in [3.63, 3.8) is 0 Å². The largest absolute Gasteiger partial charge is 0.513 e. The Balaban J connectivity index is 2.18. The number of rotatable bonds is 7. The fraction of sp³-hybridized carbons (Fsp3) is 0.273. The summed E-state index contributed by atoms with van der Waals surface area (Å²) in [5, 5.41) is 21.1. The number of fused-ring (bicyclic) bond motifs is 3. The summed E-state index contributed by atoms with van der Waals surface area (Å²) in [7, 11) is 0. The molecule has 0 atom stereocenters. The molecule has 35 heavy (non-hydrogen) atoms. The van der Waals surface area contributed by atoms with Crippen LogP contribution in [0.25, 0.3) is 11.1 Å². The fourth-order valence-electron chi connectivity index (χ4n) is 5.60. The molecule has 3 aromatic carbocycles. The highest BCUT2D eigenvalue weighted by Gasteiger charge is 2.47. The molecular weight excluding hydrogens is 428 g/mol. The second kappa shape index (κ2) is 9.62. The summed E-state index contributed by atoms with van der Waals surface area (Å²) >= 11 is 0. The number of hydrogen-bond donors (Lipinski definition) is 2. The van der Waals surface area contributed by atoms with E-state index in [-0.39, 0.29) is 11.2 Å². The van der Waals surface area contributed by atoms with Crippen LogP contribution in [0.15, 0.2) is 102 Å². The quantitative estimate of drug-likeness (QED) is 0.271. The van der Waals surface area contributed by atoms with Gasteiger partial charge in [-0.15, -0.1) is 0 Å². The van der Waals surface area contributed by atoms with Gasteiger partial charge in [-0.3, -0.25) is 0 Å². The average Bonchev–Trinajstić information content (AvgIpc) is 3.17. The Morgan fingerprint density at radius 3 is 1.97 bits per heavy atom. The highest BCUT2D eigenvalue weighted by Crippen LogP contribution is 2.57. The molecule has 0 fully saturated rings. The van der Waals surface area contributed by atoms with E-state index in [1.54, 1.807) is 13.0 Å². The zero-order valence-electron chi connectivity index (χ0n) is 21.5. The van der Waals surface area contributed by atoms with E-state index in [4.69, 9.17) is 0 Å². The average molecular weight is 465 g/mol. The molecule has 3 aromatic rings. The van der Waals surface area contributed by atoms with E-state index in [2.05, 4.69) is 93.6 Å². The number of phenols is 1. The normalized spacial score (nSPS) is 15.3. The van der Waals surface area contributed by atoms with Crippen molar-refractivity contribution in [1.82, 2.24) is 0 Å². The molecule has 0 aliphatic heterocycles. The molecule has 2 nitrogen and oxygen atoms in total. The Morgan fingerprint density at radius 1 is 0.886 bits per heavy atom. The number of allylic oxidation sites excluding steroid dienone is 6. The highest BCUT2D eigenvalue weighted by molar-refractivity contribution is 5.86. The van der Waals surface area contributed by atoms with E-state index in [1.807, 2.05) is 19.1 Å². The smallest absolute Gasteiger partial charge is 0.119 e. The summed E-state index contributed by atoms with van der Waals surface area (Å²) in [4.78, 5) is 0. The van der Waals surface area contributed by atoms with Gasteiger partial charge in [0, 0.05) is 5.56 Å². The summed E-state index contributed by atoms with van der Waals surface area (Å²) < 4.78 is 0. The molecule has 2 heteroatoms. The van der Waals surface area contributed by atoms with Gasteiger partial charge in [0.2, 0.25) is 0 Å². The van der Waals surface area contributed by atoms with Crippen LogP contribution in [0.5, 0.6) is 5.75 Å². The molecular formula is C33H36O2. The molecule has 0 saturated heterocycles. The first-order valence-corrected chi connectivity index (χ1v) is 12.6. The maximum Gasteiger partial charge on any atom is 0.119 e. The van der Waals surface area contributed by atoms with Crippen LogP contribution < -0.4 is 0 Å². The van der Waals surface area contributed by atoms with Gasteiger partial charge in [0.1, 0.15) is 5.75 Å². The predicted octanol–water partition coefficient (Wildman–Crippen LogP) is 8.75. The third-order valence-electron chi connectivity index (χ3n) is 7.88. The summed E-state index contributed by atoms with van der Waals surface area (Å²) in [5.41, 5.74) is 7.29. The summed E-state index contributed by atoms with van der Waals surface area (Å²) in [6.07, 6.45) is 9.87. The lowest BCUT2D eigenvalue weighted by atomic mass is 9.65. The van der Waals surface area contributed by atoms with Crippen molar-refractivity contribution in [3.8, 4) is 16.9 Å². The van der Waals surface area contributed by atoms with Gasteiger partial charge in [-0.1, -0.05) is 93.6 Å². The Hall–Kier alpha value is -3.52. The predicted molar refractivity (Wildman–Crippen MR) is 147 cm³/mol. The lowest BCUT2D eigenvalue weighted by Gasteiger charge is -2.36. The number of benzene rings is 3. The number of hydrogen-bond acceptors (Lipinski definition) is 2. The van der Waals surface area contributed by atoms with Crippen LogP contribution in [0.2, 0.25) is 0 Å². The van der Waals surface area contributed by atoms with Crippen molar-refractivity contribution in [1.29, 1.82) is 0 Å². The lowest BCUT2D eigenvalue weighted by Crippen LogP contribution is -2.30. The molecule has 0 spiro atoms. The lowest BCUT2D eigenvalue weighted by molar-refractivity contribution is 0.397. The Labute approximate surface area is 210 Å². The zero-order chi connectivity index (χ0) is 25.2. The van der Waals surface area contributed by atoms with E-state index >= 15 is 0 Å². The maximum absolute atomic E-state index is 11.0. The zero-order valence-corrected chi connectivity index (χ0v) is 21.5. The monoisotopic (exact) mass is 464 g/mol. The van der Waals surface area contributed by atoms with Crippen LogP contribution in [0.1, 0.15) is 69.7 Å². The van der Waals surface area contributed by atoms with Crippen molar-refractivity contribution in [2.75, 3.05) is 0 Å². The first-order chi connectivity index (χ1) is 16.8. The SMILES string of the molecule is C\C=C/C(=C\C=C(/C)O)C1(c2ccc(O)c(C(C)(CC)CC)c2)c2ccccc2-c2ccccc21. The molecule has 0 amide bonds. The minimum absolute atomic E-state index is 0.134. The molecule has 0 aromatic heterocycles. The molecule has 4 rings (SSSR count). The molecule has 180 valence electrons. The topological polar surface area (TPSA) is 40.5 Å². The number of phenolic OH excluding ortho intramolecular Hbond substituents is 1. The molecule has 0 radical (unpaired) electrons. The Bertz CT molecular complexity index is 1270. The van der Waals surface area contributed by atoms with Gasteiger partial charge in [-0.25, -0.2) is 0 Å². The van der Waals surface area contributed by atoms with Crippen molar-refractivity contribution in [3.05, 3.63) is 125 Å². The third-order valence-corrected chi connectivity index (χ3v) is 7.88. The number of aliphatic hydroxyl groups excluding tert-OH is 1. The van der Waals surface area contributed by atoms with E-state index in [9.17, 15) is 10.2 Å². The third kappa shape index (κ3) is 3.91. The van der Waals surface area contributed by atoms with Crippen molar-refractivity contribution in [2.24, 2.45) is 0 Å². The molecule has 0 heterocycles. The molecule has 1 aliphatic rings. The van der Waals surface area contributed by atoms with E-state index in [0.29, 0.717) is 5.75 Å². The van der Waals surface area contributed by atoms with Crippen LogP contribution in [0.4, 0.5) is 0 Å².